The van der Waals surface area contributed by atoms with Crippen molar-refractivity contribution in [3.05, 3.63) is 0 Å². The maximum Gasteiger partial charge on any atom is 0.0441 e. The number of hydrogen-bond acceptors (Lipinski definition) is 2. The van der Waals surface area contributed by atoms with E-state index in [1.807, 2.05) is 11.8 Å². The van der Waals surface area contributed by atoms with Crippen LogP contribution in [-0.4, -0.2) is 30.1 Å². The zero-order valence-electron chi connectivity index (χ0n) is 5.39. The van der Waals surface area contributed by atoms with E-state index in [1.165, 1.54) is 31.8 Å². The first kappa shape index (κ1) is 6.43. The van der Waals surface area contributed by atoms with Gasteiger partial charge >= 0.3 is 0 Å². The third kappa shape index (κ3) is 1.67. The van der Waals surface area contributed by atoms with Gasteiger partial charge in [0, 0.05) is 5.88 Å². The molecule has 0 aliphatic carbocycles. The molecular formula is C6H13NS. The smallest absolute Gasteiger partial charge is 0.0441 e. The molecule has 1 rings (SSSR count). The normalized spacial score (nSPS) is 22.1. The van der Waals surface area contributed by atoms with Crippen molar-refractivity contribution in [2.24, 2.45) is 0 Å². The van der Waals surface area contributed by atoms with E-state index >= 15 is 0 Å². The van der Waals surface area contributed by atoms with Crippen LogP contribution in [-0.2, 0) is 0 Å². The minimum Gasteiger partial charge on any atom is -0.294 e. The summed E-state index contributed by atoms with van der Waals surface area (Å²) in [6.45, 7) is 2.67. The molecule has 0 aromatic heterocycles. The maximum absolute atomic E-state index is 2.50. The van der Waals surface area contributed by atoms with E-state index in [0.717, 1.165) is 0 Å². The van der Waals surface area contributed by atoms with Gasteiger partial charge in [-0.3, -0.25) is 4.90 Å². The Bertz CT molecular complexity index is 59.5. The highest BCUT2D eigenvalue weighted by Gasteiger charge is 2.08. The van der Waals surface area contributed by atoms with Crippen molar-refractivity contribution in [1.29, 1.82) is 0 Å². The third-order valence-corrected chi connectivity index (χ3v) is 2.13. The molecule has 1 nitrogen and oxygen atoms in total. The Hall–Kier alpha value is 0.310. The van der Waals surface area contributed by atoms with Gasteiger partial charge < -0.3 is 0 Å². The molecule has 0 amide bonds. The molecule has 0 spiro atoms. The monoisotopic (exact) mass is 131 g/mol. The zero-order chi connectivity index (χ0) is 5.82. The molecule has 48 valence electrons. The molecule has 1 saturated heterocycles. The van der Waals surface area contributed by atoms with Gasteiger partial charge in [0.25, 0.3) is 0 Å². The molecular weight excluding hydrogens is 118 g/mol. The number of thioether (sulfide) groups is 1. The fourth-order valence-electron chi connectivity index (χ4n) is 1.09. The highest BCUT2D eigenvalue weighted by atomic mass is 32.2. The molecule has 1 fully saturated rings. The Labute approximate surface area is 55.4 Å². The molecule has 1 aliphatic rings. The van der Waals surface area contributed by atoms with Crippen LogP contribution in [0, 0.1) is 0 Å². The number of likely N-dealkylation sites (tertiary alicyclic amines) is 1. The summed E-state index contributed by atoms with van der Waals surface area (Å²) in [7, 11) is 0. The van der Waals surface area contributed by atoms with Crippen molar-refractivity contribution in [1.82, 2.24) is 4.90 Å². The Kier molecular flexibility index (Phi) is 2.70. The zero-order valence-corrected chi connectivity index (χ0v) is 6.21. The van der Waals surface area contributed by atoms with Crippen molar-refractivity contribution in [3.63, 3.8) is 0 Å². The first-order chi connectivity index (χ1) is 3.93. The van der Waals surface area contributed by atoms with Crippen LogP contribution in [0.5, 0.6) is 0 Å². The molecule has 0 aromatic rings. The van der Waals surface area contributed by atoms with Crippen LogP contribution in [0.15, 0.2) is 0 Å². The molecule has 0 radical (unpaired) electrons. The van der Waals surface area contributed by atoms with Gasteiger partial charge in [0.1, 0.15) is 0 Å². The lowest BCUT2D eigenvalue weighted by molar-refractivity contribution is 0.401. The van der Waals surface area contributed by atoms with Crippen LogP contribution in [0.2, 0.25) is 0 Å². The third-order valence-electron chi connectivity index (χ3n) is 1.51. The summed E-state index contributed by atoms with van der Waals surface area (Å²) >= 11 is 1.92. The highest BCUT2D eigenvalue weighted by molar-refractivity contribution is 7.98. The van der Waals surface area contributed by atoms with Gasteiger partial charge in [-0.05, 0) is 32.2 Å². The minimum absolute atomic E-state index is 1.24. The predicted octanol–water partition coefficient (Wildman–Crippen LogP) is 1.40. The molecule has 0 N–H and O–H groups in total. The van der Waals surface area contributed by atoms with Crippen molar-refractivity contribution in [2.45, 2.75) is 12.8 Å². The standard InChI is InChI=1S/C6H13NS/c1-8-6-7-4-2-3-5-7/h2-6H2,1H3. The van der Waals surface area contributed by atoms with Gasteiger partial charge in [-0.25, -0.2) is 0 Å². The molecule has 0 bridgehead atoms. The average Bonchev–Trinajstić information content (AvgIpc) is 2.19. The molecule has 2 heteroatoms. The second-order valence-corrected chi connectivity index (χ2v) is 3.08. The summed E-state index contributed by atoms with van der Waals surface area (Å²) in [5, 5.41) is 0. The van der Waals surface area contributed by atoms with Gasteiger partial charge in [-0.15, -0.1) is 11.8 Å². The van der Waals surface area contributed by atoms with E-state index in [0.29, 0.717) is 0 Å². The van der Waals surface area contributed by atoms with E-state index in [2.05, 4.69) is 11.2 Å². The SMILES string of the molecule is CSCN1CCCC1. The summed E-state index contributed by atoms with van der Waals surface area (Å²) in [5.74, 6) is 1.24. The van der Waals surface area contributed by atoms with Crippen LogP contribution in [0.3, 0.4) is 0 Å². The summed E-state index contributed by atoms with van der Waals surface area (Å²) in [6, 6.07) is 0. The highest BCUT2D eigenvalue weighted by Crippen LogP contribution is 2.09. The van der Waals surface area contributed by atoms with Crippen molar-refractivity contribution in [3.8, 4) is 0 Å². The Morgan fingerprint density at radius 2 is 2.00 bits per heavy atom. The van der Waals surface area contributed by atoms with E-state index < -0.39 is 0 Å². The minimum atomic E-state index is 1.24. The van der Waals surface area contributed by atoms with Crippen molar-refractivity contribution >= 4 is 11.8 Å². The molecule has 0 unspecified atom stereocenters. The van der Waals surface area contributed by atoms with Gasteiger partial charge in [0.15, 0.2) is 0 Å². The van der Waals surface area contributed by atoms with Gasteiger partial charge in [0.05, 0.1) is 0 Å². The number of rotatable bonds is 2. The van der Waals surface area contributed by atoms with Crippen LogP contribution < -0.4 is 0 Å². The fourth-order valence-corrected chi connectivity index (χ4v) is 1.72. The van der Waals surface area contributed by atoms with Crippen LogP contribution in [0.4, 0.5) is 0 Å². The maximum atomic E-state index is 2.50. The van der Waals surface area contributed by atoms with Crippen molar-refractivity contribution in [2.75, 3.05) is 25.2 Å². The molecule has 0 saturated carbocycles. The first-order valence-electron chi connectivity index (χ1n) is 3.15. The Balaban J connectivity index is 2.06. The second-order valence-electron chi connectivity index (χ2n) is 2.24. The Morgan fingerprint density at radius 3 is 2.50 bits per heavy atom. The number of nitrogens with zero attached hydrogens (tertiary/aromatic N) is 1. The lowest BCUT2D eigenvalue weighted by atomic mass is 10.4. The summed E-state index contributed by atoms with van der Waals surface area (Å²) in [4.78, 5) is 2.50. The van der Waals surface area contributed by atoms with Crippen molar-refractivity contribution < 1.29 is 0 Å². The van der Waals surface area contributed by atoms with E-state index in [4.69, 9.17) is 0 Å². The molecule has 0 atom stereocenters. The van der Waals surface area contributed by atoms with Gasteiger partial charge in [-0.1, -0.05) is 0 Å². The summed E-state index contributed by atoms with van der Waals surface area (Å²) in [6.07, 6.45) is 5.00. The summed E-state index contributed by atoms with van der Waals surface area (Å²) in [5.41, 5.74) is 0. The number of hydrogen-bond donors (Lipinski definition) is 0. The predicted molar refractivity (Wildman–Crippen MR) is 39.2 cm³/mol. The van der Waals surface area contributed by atoms with Crippen LogP contribution >= 0.6 is 11.8 Å². The molecule has 8 heavy (non-hydrogen) atoms. The van der Waals surface area contributed by atoms with Crippen LogP contribution in [0.25, 0.3) is 0 Å². The second kappa shape index (κ2) is 3.36. The van der Waals surface area contributed by atoms with Crippen LogP contribution in [0.1, 0.15) is 12.8 Å². The van der Waals surface area contributed by atoms with Gasteiger partial charge in [-0.2, -0.15) is 0 Å². The fraction of sp³-hybridized carbons (Fsp3) is 1.00. The summed E-state index contributed by atoms with van der Waals surface area (Å²) < 4.78 is 0. The van der Waals surface area contributed by atoms with Gasteiger partial charge in [0.2, 0.25) is 0 Å². The quantitative estimate of drug-likeness (QED) is 0.557. The molecule has 0 aromatic carbocycles. The molecule has 1 heterocycles. The largest absolute Gasteiger partial charge is 0.294 e. The lowest BCUT2D eigenvalue weighted by Crippen LogP contribution is -2.17. The average molecular weight is 131 g/mol. The van der Waals surface area contributed by atoms with E-state index in [1.54, 1.807) is 0 Å². The Morgan fingerprint density at radius 1 is 1.38 bits per heavy atom. The first-order valence-corrected chi connectivity index (χ1v) is 4.54. The lowest BCUT2D eigenvalue weighted by Gasteiger charge is -2.10. The van der Waals surface area contributed by atoms with E-state index in [-0.39, 0.29) is 0 Å². The topological polar surface area (TPSA) is 3.24 Å². The van der Waals surface area contributed by atoms with E-state index in [9.17, 15) is 0 Å². The molecule has 1 aliphatic heterocycles.